The van der Waals surface area contributed by atoms with Crippen molar-refractivity contribution in [2.24, 2.45) is 5.41 Å². The van der Waals surface area contributed by atoms with Gasteiger partial charge in [0.15, 0.2) is 0 Å². The number of hydrogen-bond donors (Lipinski definition) is 0. The van der Waals surface area contributed by atoms with Crippen LogP contribution in [0.3, 0.4) is 0 Å². The second kappa shape index (κ2) is 2.91. The minimum atomic E-state index is 0.367. The van der Waals surface area contributed by atoms with E-state index >= 15 is 0 Å². The van der Waals surface area contributed by atoms with Crippen LogP contribution < -0.4 is 0 Å². The highest BCUT2D eigenvalue weighted by atomic mass is 15.3. The van der Waals surface area contributed by atoms with Crippen LogP contribution in [0.4, 0.5) is 0 Å². The Morgan fingerprint density at radius 3 is 1.60 bits per heavy atom. The van der Waals surface area contributed by atoms with Crippen LogP contribution in [-0.2, 0) is 0 Å². The van der Waals surface area contributed by atoms with E-state index in [4.69, 9.17) is 0 Å². The summed E-state index contributed by atoms with van der Waals surface area (Å²) in [5.41, 5.74) is 0.367. The molecule has 0 radical (unpaired) electrons. The Morgan fingerprint density at radius 1 is 1.10 bits per heavy atom. The molecule has 0 aromatic carbocycles. The molecule has 0 heterocycles. The Labute approximate surface area is 65.6 Å². The predicted molar refractivity (Wildman–Crippen MR) is 46.7 cm³/mol. The zero-order valence-electron chi connectivity index (χ0n) is 8.23. The topological polar surface area (TPSA) is 0 Å². The minimum Gasteiger partial charge on any atom is -0.356 e. The first kappa shape index (κ1) is 9.96. The predicted octanol–water partition coefficient (Wildman–Crippen LogP) is 1.94. The first-order valence-electron chi connectivity index (χ1n) is 3.85. The monoisotopic (exact) mass is 143 g/mol. The summed E-state index contributed by atoms with van der Waals surface area (Å²) < 4.78 is 1.03. The Morgan fingerprint density at radius 2 is 1.50 bits per heavy atom. The van der Waals surface area contributed by atoms with E-state index < -0.39 is 0 Å². The highest BCUT2D eigenvalue weighted by molar-refractivity contribution is 4.79. The quantitative estimate of drug-likeness (QED) is 0.409. The smallest absolute Gasteiger partial charge is 0.0657 e. The van der Waals surface area contributed by atoms with Gasteiger partial charge in [0, 0.05) is 0 Å². The second-order valence-electron chi connectivity index (χ2n) is 5.04. The molecule has 0 aliphatic heterocycles. The zero-order chi connectivity index (χ0) is 8.41. The highest BCUT2D eigenvalue weighted by Crippen LogP contribution is 2.17. The molecule has 0 saturated carbocycles. The average molecular weight is 143 g/mol. The van der Waals surface area contributed by atoms with E-state index in [-0.39, 0.29) is 0 Å². The molecular weight excluding hydrogens is 122 g/mol. The lowest BCUT2D eigenvalue weighted by Gasteiger charge is -2.36. The summed E-state index contributed by atoms with van der Waals surface area (Å²) in [6.07, 6.45) is 2.37. The fraction of sp³-hybridized carbons (Fsp3) is 0.889. The van der Waals surface area contributed by atoms with E-state index in [1.54, 1.807) is 0 Å². The summed E-state index contributed by atoms with van der Waals surface area (Å²) in [7, 11) is 6.63. The fourth-order valence-electron chi connectivity index (χ4n) is 0.548. The molecule has 0 aliphatic rings. The highest BCUT2D eigenvalue weighted by Gasteiger charge is 2.05. The van der Waals surface area contributed by atoms with Crippen molar-refractivity contribution < 1.29 is 4.48 Å². The lowest BCUT2D eigenvalue weighted by molar-refractivity contribution is -0.866. The summed E-state index contributed by atoms with van der Waals surface area (Å²) in [5, 5.41) is 0. The van der Waals surface area contributed by atoms with Gasteiger partial charge >= 0.3 is 0 Å². The first-order chi connectivity index (χ1) is 4.21. The van der Waals surface area contributed by atoms with Crippen molar-refractivity contribution in [3.05, 3.63) is 6.42 Å². The van der Waals surface area contributed by atoms with Gasteiger partial charge in [0.25, 0.3) is 0 Å². The van der Waals surface area contributed by atoms with Crippen molar-refractivity contribution in [3.8, 4) is 0 Å². The van der Waals surface area contributed by atoms with Crippen molar-refractivity contribution in [2.45, 2.75) is 20.8 Å². The Kier molecular flexibility index (Phi) is 2.90. The van der Waals surface area contributed by atoms with Gasteiger partial charge in [0.05, 0.1) is 21.1 Å². The molecule has 0 amide bonds. The molecule has 0 unspecified atom stereocenters. The summed E-state index contributed by atoms with van der Waals surface area (Å²) in [6, 6.07) is 0. The van der Waals surface area contributed by atoms with E-state index in [0.717, 1.165) is 11.0 Å². The summed E-state index contributed by atoms with van der Waals surface area (Å²) in [5.74, 6) is 0. The standard InChI is InChI=1S/C9H21N/c1-9(2,3)7-8-10(4,5)6/h7H,8H2,1-6H3. The third-order valence-corrected chi connectivity index (χ3v) is 1.25. The SMILES string of the molecule is CC(C)(C)[CH-]C[N+](C)(C)C. The van der Waals surface area contributed by atoms with Gasteiger partial charge in [-0.1, -0.05) is 20.8 Å². The first-order valence-corrected chi connectivity index (χ1v) is 3.85. The van der Waals surface area contributed by atoms with Gasteiger partial charge in [-0.2, -0.15) is 5.41 Å². The molecule has 0 N–H and O–H groups in total. The molecule has 0 atom stereocenters. The third kappa shape index (κ3) is 7.96. The second-order valence-corrected chi connectivity index (χ2v) is 5.04. The molecular formula is C9H21N. The van der Waals surface area contributed by atoms with Crippen molar-refractivity contribution in [3.63, 3.8) is 0 Å². The molecule has 1 heteroatoms. The number of rotatable bonds is 2. The van der Waals surface area contributed by atoms with Crippen LogP contribution in [0.15, 0.2) is 0 Å². The van der Waals surface area contributed by atoms with Crippen LogP contribution in [0.25, 0.3) is 0 Å². The van der Waals surface area contributed by atoms with Gasteiger partial charge in [-0.25, -0.2) is 0 Å². The largest absolute Gasteiger partial charge is 0.356 e. The molecule has 0 bridgehead atoms. The number of hydrogen-bond acceptors (Lipinski definition) is 0. The van der Waals surface area contributed by atoms with Crippen molar-refractivity contribution >= 4 is 0 Å². The molecule has 0 rings (SSSR count). The molecule has 0 aromatic heterocycles. The van der Waals surface area contributed by atoms with Crippen molar-refractivity contribution in [2.75, 3.05) is 27.7 Å². The van der Waals surface area contributed by atoms with Crippen LogP contribution in [0.2, 0.25) is 0 Å². The van der Waals surface area contributed by atoms with Gasteiger partial charge in [-0.15, -0.1) is 0 Å². The molecule has 0 spiro atoms. The zero-order valence-corrected chi connectivity index (χ0v) is 8.23. The molecule has 0 saturated heterocycles. The third-order valence-electron chi connectivity index (χ3n) is 1.25. The van der Waals surface area contributed by atoms with E-state index in [1.807, 2.05) is 0 Å². The van der Waals surface area contributed by atoms with Gasteiger partial charge in [-0.05, 0) is 6.54 Å². The lowest BCUT2D eigenvalue weighted by Crippen LogP contribution is -2.37. The summed E-state index contributed by atoms with van der Waals surface area (Å²) >= 11 is 0. The maximum absolute atomic E-state index is 2.37. The maximum Gasteiger partial charge on any atom is 0.0657 e. The van der Waals surface area contributed by atoms with Crippen LogP contribution in [0, 0.1) is 11.8 Å². The summed E-state index contributed by atoms with van der Waals surface area (Å²) in [6.45, 7) is 7.86. The maximum atomic E-state index is 2.37. The van der Waals surface area contributed by atoms with E-state index in [1.165, 1.54) is 0 Å². The van der Waals surface area contributed by atoms with Crippen LogP contribution in [0.1, 0.15) is 20.8 Å². The molecule has 0 aliphatic carbocycles. The fourth-order valence-corrected chi connectivity index (χ4v) is 0.548. The Hall–Kier alpha value is -0.0400. The molecule has 0 fully saturated rings. The van der Waals surface area contributed by atoms with Gasteiger partial charge in [-0.3, -0.25) is 6.42 Å². The number of nitrogens with zero attached hydrogens (tertiary/aromatic N) is 1. The van der Waals surface area contributed by atoms with Gasteiger partial charge < -0.3 is 4.48 Å². The lowest BCUT2D eigenvalue weighted by atomic mass is 9.92. The Balaban J connectivity index is 3.56. The van der Waals surface area contributed by atoms with Crippen molar-refractivity contribution in [1.82, 2.24) is 0 Å². The molecule has 0 aromatic rings. The molecule has 1 nitrogen and oxygen atoms in total. The van der Waals surface area contributed by atoms with Crippen molar-refractivity contribution in [1.29, 1.82) is 0 Å². The van der Waals surface area contributed by atoms with E-state index in [2.05, 4.69) is 48.3 Å². The van der Waals surface area contributed by atoms with E-state index in [0.29, 0.717) is 5.41 Å². The van der Waals surface area contributed by atoms with E-state index in [9.17, 15) is 0 Å². The normalized spacial score (nSPS) is 13.8. The molecule has 62 valence electrons. The average Bonchev–Trinajstić information content (AvgIpc) is 1.57. The van der Waals surface area contributed by atoms with Crippen LogP contribution in [-0.4, -0.2) is 32.2 Å². The van der Waals surface area contributed by atoms with Crippen LogP contribution >= 0.6 is 0 Å². The molecule has 10 heavy (non-hydrogen) atoms. The number of quaternary nitrogens is 1. The van der Waals surface area contributed by atoms with Gasteiger partial charge in [0.2, 0.25) is 0 Å². The Bertz CT molecular complexity index is 78.3. The van der Waals surface area contributed by atoms with Crippen LogP contribution in [0.5, 0.6) is 0 Å². The summed E-state index contributed by atoms with van der Waals surface area (Å²) in [4.78, 5) is 0. The minimum absolute atomic E-state index is 0.367. The van der Waals surface area contributed by atoms with Gasteiger partial charge in [0.1, 0.15) is 0 Å².